The molecular formula is C10H10N4O2. The molecule has 0 saturated heterocycles. The molecule has 2 N–H and O–H groups in total. The Kier molecular flexibility index (Phi) is 1.82. The SMILES string of the molecule is O=C(NC1CC1)c1ccc2n[nH]c(=O)n2c1. The molecule has 0 aromatic carbocycles. The predicted octanol–water partition coefficient (Wildman–Crippen LogP) is -0.0852. The summed E-state index contributed by atoms with van der Waals surface area (Å²) in [4.78, 5) is 23.0. The van der Waals surface area contributed by atoms with E-state index in [0.717, 1.165) is 12.8 Å². The highest BCUT2D eigenvalue weighted by atomic mass is 16.2. The lowest BCUT2D eigenvalue weighted by atomic mass is 10.2. The van der Waals surface area contributed by atoms with E-state index < -0.39 is 0 Å². The number of nitrogens with zero attached hydrogens (tertiary/aromatic N) is 2. The van der Waals surface area contributed by atoms with E-state index in [2.05, 4.69) is 15.5 Å². The van der Waals surface area contributed by atoms with E-state index >= 15 is 0 Å². The van der Waals surface area contributed by atoms with Gasteiger partial charge in [0.15, 0.2) is 5.65 Å². The van der Waals surface area contributed by atoms with Gasteiger partial charge in [0.05, 0.1) is 5.56 Å². The molecule has 1 aliphatic rings. The van der Waals surface area contributed by atoms with Crippen molar-refractivity contribution in [2.75, 3.05) is 0 Å². The van der Waals surface area contributed by atoms with E-state index in [1.165, 1.54) is 10.6 Å². The zero-order chi connectivity index (χ0) is 11.1. The molecule has 3 rings (SSSR count). The van der Waals surface area contributed by atoms with Crippen molar-refractivity contribution in [2.45, 2.75) is 18.9 Å². The molecule has 1 aliphatic carbocycles. The molecule has 0 aliphatic heterocycles. The molecule has 0 bridgehead atoms. The van der Waals surface area contributed by atoms with Gasteiger partial charge < -0.3 is 5.32 Å². The minimum atomic E-state index is -0.337. The smallest absolute Gasteiger partial charge is 0.347 e. The Morgan fingerprint density at radius 2 is 2.31 bits per heavy atom. The fraction of sp³-hybridized carbons (Fsp3) is 0.300. The van der Waals surface area contributed by atoms with Crippen LogP contribution in [0.2, 0.25) is 0 Å². The van der Waals surface area contributed by atoms with Crippen LogP contribution in [0.1, 0.15) is 23.2 Å². The van der Waals surface area contributed by atoms with E-state index in [4.69, 9.17) is 0 Å². The van der Waals surface area contributed by atoms with Crippen LogP contribution < -0.4 is 11.0 Å². The Labute approximate surface area is 90.3 Å². The number of H-pyrrole nitrogens is 1. The maximum absolute atomic E-state index is 11.7. The zero-order valence-electron chi connectivity index (χ0n) is 8.43. The number of hydrogen-bond donors (Lipinski definition) is 2. The molecule has 82 valence electrons. The molecule has 6 nitrogen and oxygen atoms in total. The minimum absolute atomic E-state index is 0.141. The van der Waals surface area contributed by atoms with Crippen molar-refractivity contribution in [3.05, 3.63) is 34.4 Å². The molecule has 1 fully saturated rings. The van der Waals surface area contributed by atoms with Gasteiger partial charge in [0.2, 0.25) is 0 Å². The van der Waals surface area contributed by atoms with Gasteiger partial charge in [-0.2, -0.15) is 5.10 Å². The number of carbonyl (C=O) groups is 1. The van der Waals surface area contributed by atoms with Gasteiger partial charge in [0.25, 0.3) is 5.91 Å². The lowest BCUT2D eigenvalue weighted by molar-refractivity contribution is 0.0950. The summed E-state index contributed by atoms with van der Waals surface area (Å²) in [6.07, 6.45) is 3.58. The van der Waals surface area contributed by atoms with Crippen molar-refractivity contribution < 1.29 is 4.79 Å². The second-order valence-electron chi connectivity index (χ2n) is 3.92. The van der Waals surface area contributed by atoms with Gasteiger partial charge in [0.1, 0.15) is 0 Å². The van der Waals surface area contributed by atoms with Crippen LogP contribution in [0.4, 0.5) is 0 Å². The van der Waals surface area contributed by atoms with Crippen molar-refractivity contribution in [1.29, 1.82) is 0 Å². The van der Waals surface area contributed by atoms with Crippen LogP contribution in [0.5, 0.6) is 0 Å². The third-order valence-corrected chi connectivity index (χ3v) is 2.59. The van der Waals surface area contributed by atoms with Crippen LogP contribution in [0.3, 0.4) is 0 Å². The highest BCUT2D eigenvalue weighted by Gasteiger charge is 2.23. The largest absolute Gasteiger partial charge is 0.349 e. The van der Waals surface area contributed by atoms with Gasteiger partial charge in [-0.3, -0.25) is 4.79 Å². The summed E-state index contributed by atoms with van der Waals surface area (Å²) in [6, 6.07) is 3.61. The van der Waals surface area contributed by atoms with Gasteiger partial charge in [-0.15, -0.1) is 0 Å². The average Bonchev–Trinajstić information content (AvgIpc) is 3.02. The molecule has 2 aromatic heterocycles. The summed E-state index contributed by atoms with van der Waals surface area (Å²) in [5, 5.41) is 8.97. The molecule has 0 unspecified atom stereocenters. The number of aromatic nitrogens is 3. The average molecular weight is 218 g/mol. The monoisotopic (exact) mass is 218 g/mol. The van der Waals surface area contributed by atoms with E-state index in [-0.39, 0.29) is 11.6 Å². The van der Waals surface area contributed by atoms with E-state index in [9.17, 15) is 9.59 Å². The summed E-state index contributed by atoms with van der Waals surface area (Å²) in [7, 11) is 0. The first-order valence-corrected chi connectivity index (χ1v) is 5.12. The number of nitrogens with one attached hydrogen (secondary N) is 2. The van der Waals surface area contributed by atoms with Crippen LogP contribution in [0.25, 0.3) is 5.65 Å². The molecule has 0 spiro atoms. The van der Waals surface area contributed by atoms with Gasteiger partial charge in [-0.05, 0) is 25.0 Å². The molecule has 2 heterocycles. The van der Waals surface area contributed by atoms with Crippen molar-refractivity contribution >= 4 is 11.6 Å². The molecule has 1 saturated carbocycles. The Balaban J connectivity index is 1.99. The molecular weight excluding hydrogens is 208 g/mol. The number of hydrogen-bond acceptors (Lipinski definition) is 3. The Morgan fingerprint density at radius 3 is 3.06 bits per heavy atom. The van der Waals surface area contributed by atoms with Crippen LogP contribution in [-0.2, 0) is 0 Å². The maximum Gasteiger partial charge on any atom is 0.347 e. The van der Waals surface area contributed by atoms with Crippen LogP contribution in [0.15, 0.2) is 23.1 Å². The summed E-state index contributed by atoms with van der Waals surface area (Å²) in [5.74, 6) is -0.141. The number of aromatic amines is 1. The molecule has 1 amide bonds. The Hall–Kier alpha value is -2.11. The van der Waals surface area contributed by atoms with Crippen LogP contribution in [0, 0.1) is 0 Å². The first-order chi connectivity index (χ1) is 7.74. The van der Waals surface area contributed by atoms with E-state index in [0.29, 0.717) is 17.3 Å². The maximum atomic E-state index is 11.7. The molecule has 0 atom stereocenters. The summed E-state index contributed by atoms with van der Waals surface area (Å²) in [6.45, 7) is 0. The second kappa shape index (κ2) is 3.19. The number of amides is 1. The molecule has 6 heteroatoms. The first kappa shape index (κ1) is 9.14. The standard InChI is InChI=1S/C10H10N4O2/c15-9(11-7-2-3-7)6-1-4-8-12-13-10(16)14(8)5-6/h1,4-5,7H,2-3H2,(H,11,15)(H,13,16). The predicted molar refractivity (Wildman–Crippen MR) is 56.3 cm³/mol. The van der Waals surface area contributed by atoms with Gasteiger partial charge >= 0.3 is 5.69 Å². The molecule has 2 aromatic rings. The Bertz CT molecular complexity index is 609. The third kappa shape index (κ3) is 1.48. The van der Waals surface area contributed by atoms with Crippen molar-refractivity contribution in [1.82, 2.24) is 19.9 Å². The van der Waals surface area contributed by atoms with Crippen molar-refractivity contribution in [3.8, 4) is 0 Å². The summed E-state index contributed by atoms with van der Waals surface area (Å²) < 4.78 is 1.32. The van der Waals surface area contributed by atoms with Gasteiger partial charge in [-0.25, -0.2) is 14.3 Å². The highest BCUT2D eigenvalue weighted by molar-refractivity contribution is 5.94. The second-order valence-corrected chi connectivity index (χ2v) is 3.92. The number of rotatable bonds is 2. The van der Waals surface area contributed by atoms with Crippen LogP contribution >= 0.6 is 0 Å². The summed E-state index contributed by atoms with van der Waals surface area (Å²) >= 11 is 0. The van der Waals surface area contributed by atoms with E-state index in [1.54, 1.807) is 12.1 Å². The topological polar surface area (TPSA) is 79.3 Å². The quantitative estimate of drug-likeness (QED) is 0.739. The van der Waals surface area contributed by atoms with Crippen LogP contribution in [-0.4, -0.2) is 26.5 Å². The normalized spacial score (nSPS) is 15.2. The summed E-state index contributed by atoms with van der Waals surface area (Å²) in [5.41, 5.74) is 0.645. The number of fused-ring (bicyclic) bond motifs is 1. The van der Waals surface area contributed by atoms with Crippen molar-refractivity contribution in [2.24, 2.45) is 0 Å². The lowest BCUT2D eigenvalue weighted by Crippen LogP contribution is -2.26. The van der Waals surface area contributed by atoms with Gasteiger partial charge in [0, 0.05) is 12.2 Å². The first-order valence-electron chi connectivity index (χ1n) is 5.12. The zero-order valence-corrected chi connectivity index (χ0v) is 8.43. The lowest BCUT2D eigenvalue weighted by Gasteiger charge is -2.02. The minimum Gasteiger partial charge on any atom is -0.349 e. The van der Waals surface area contributed by atoms with E-state index in [1.807, 2.05) is 0 Å². The number of carbonyl (C=O) groups excluding carboxylic acids is 1. The highest BCUT2D eigenvalue weighted by Crippen LogP contribution is 2.19. The molecule has 0 radical (unpaired) electrons. The van der Waals surface area contributed by atoms with Gasteiger partial charge in [-0.1, -0.05) is 0 Å². The number of pyridine rings is 1. The Morgan fingerprint density at radius 1 is 1.50 bits per heavy atom. The van der Waals surface area contributed by atoms with Crippen molar-refractivity contribution in [3.63, 3.8) is 0 Å². The molecule has 16 heavy (non-hydrogen) atoms. The fourth-order valence-electron chi connectivity index (χ4n) is 1.54. The fourth-order valence-corrected chi connectivity index (χ4v) is 1.54. The third-order valence-electron chi connectivity index (χ3n) is 2.59.